The van der Waals surface area contributed by atoms with Crippen molar-refractivity contribution < 1.29 is 27.9 Å². The first-order chi connectivity index (χ1) is 24.2. The van der Waals surface area contributed by atoms with E-state index in [0.29, 0.717) is 17.7 Å². The van der Waals surface area contributed by atoms with Crippen LogP contribution in [-0.2, 0) is 24.6 Å². The monoisotopic (exact) mass is 739 g/mol. The highest BCUT2D eigenvalue weighted by atomic mass is 35.5. The smallest absolute Gasteiger partial charge is 0.303 e. The lowest BCUT2D eigenvalue weighted by Gasteiger charge is -2.28. The van der Waals surface area contributed by atoms with E-state index in [1.807, 2.05) is 37.3 Å². The van der Waals surface area contributed by atoms with E-state index < -0.39 is 33.7 Å². The molecule has 2 fully saturated rings. The Bertz CT molecular complexity index is 1880. The second-order valence-corrected chi connectivity index (χ2v) is 16.8. The maximum atomic E-state index is 13.3. The summed E-state index contributed by atoms with van der Waals surface area (Å²) in [4.78, 5) is 45.4. The van der Waals surface area contributed by atoms with Crippen molar-refractivity contribution in [2.24, 2.45) is 17.3 Å². The Morgan fingerprint density at radius 1 is 1.08 bits per heavy atom. The van der Waals surface area contributed by atoms with Crippen LogP contribution in [0.2, 0.25) is 5.28 Å². The first kappa shape index (κ1) is 38.6. The minimum atomic E-state index is -3.99. The van der Waals surface area contributed by atoms with E-state index >= 15 is 0 Å². The number of fused-ring (bicyclic) bond motifs is 3. The van der Waals surface area contributed by atoms with Gasteiger partial charge in [-0.3, -0.25) is 14.4 Å². The minimum absolute atomic E-state index is 0.108. The Morgan fingerprint density at radius 2 is 1.80 bits per heavy atom. The number of benzene rings is 2. The number of nitrogens with one attached hydrogen (secondary N) is 1. The topological polar surface area (TPSA) is 142 Å². The highest BCUT2D eigenvalue weighted by molar-refractivity contribution is 7.87. The van der Waals surface area contributed by atoms with E-state index in [9.17, 15) is 27.9 Å². The second-order valence-electron chi connectivity index (χ2n) is 14.6. The van der Waals surface area contributed by atoms with Crippen LogP contribution in [0.25, 0.3) is 22.2 Å². The molecule has 276 valence electrons. The van der Waals surface area contributed by atoms with Gasteiger partial charge in [0.15, 0.2) is 5.78 Å². The molecule has 11 nitrogen and oxygen atoms in total. The highest BCUT2D eigenvalue weighted by Crippen LogP contribution is 2.57. The van der Waals surface area contributed by atoms with Gasteiger partial charge in [0.1, 0.15) is 0 Å². The number of nitrogens with zero attached hydrogens (tertiary/aromatic N) is 4. The number of hydrogen-bond acceptors (Lipinski definition) is 7. The number of carbonyl (C=O) groups excluding carboxylic acids is 3. The fraction of sp³-hybridized carbons (Fsp3) is 0.526. The number of carbonyl (C=O) groups is 3. The highest BCUT2D eigenvalue weighted by Gasteiger charge is 2.61. The summed E-state index contributed by atoms with van der Waals surface area (Å²) in [7, 11) is -1.34. The number of ketones is 1. The van der Waals surface area contributed by atoms with Gasteiger partial charge in [-0.1, -0.05) is 74.4 Å². The number of para-hydroxylation sites is 1. The SMILES string of the molecule is CC(C)n1c(Cl)nc2c(-c3ccccc3)cccc21.C[C@H]1CCCCC/C=C\[C@@H]2C[C@@]2(C(=O)NS(=O)(=O)N(C)C)CC(=O)[C@@H]2C[C@@H](O)CN2C1=O. The molecule has 51 heavy (non-hydrogen) atoms. The summed E-state index contributed by atoms with van der Waals surface area (Å²) in [5.74, 6) is -1.61. The molecule has 1 saturated carbocycles. The van der Waals surface area contributed by atoms with Gasteiger partial charge in [0.05, 0.1) is 28.6 Å². The molecule has 2 amide bonds. The van der Waals surface area contributed by atoms with Crippen LogP contribution in [0.5, 0.6) is 0 Å². The standard InChI is InChI=1S/C22H35N3O6S.C16H15ClN2/c1-15-9-7-5-4-6-8-10-16-12-22(16,21(29)23-32(30,31)24(2)3)13-19(27)18-11-17(26)14-25(18)20(15)28;1-11(2)19-14-10-6-9-13(15(14)18-16(19)17)12-7-4-3-5-8-12/h8,10,15-18,26H,4-7,9,11-14H2,1-3H3,(H,23,29);3-11H,1-2H3/b10-8-;/t15-,16+,17+,18-,22+;/m0./s1. The Labute approximate surface area is 306 Å². The predicted molar refractivity (Wildman–Crippen MR) is 199 cm³/mol. The Morgan fingerprint density at radius 3 is 2.49 bits per heavy atom. The third kappa shape index (κ3) is 8.56. The molecule has 2 N–H and O–H groups in total. The molecule has 0 spiro atoms. The van der Waals surface area contributed by atoms with Gasteiger partial charge in [-0.25, -0.2) is 9.71 Å². The van der Waals surface area contributed by atoms with E-state index in [0.717, 1.165) is 58.6 Å². The van der Waals surface area contributed by atoms with Gasteiger partial charge >= 0.3 is 10.2 Å². The number of aromatic nitrogens is 2. The molecule has 6 rings (SSSR count). The number of hydrogen-bond donors (Lipinski definition) is 2. The molecule has 1 aromatic heterocycles. The van der Waals surface area contributed by atoms with Gasteiger partial charge in [0.25, 0.3) is 0 Å². The maximum absolute atomic E-state index is 13.3. The normalized spacial score (nSPS) is 26.5. The molecule has 0 unspecified atom stereocenters. The van der Waals surface area contributed by atoms with Crippen molar-refractivity contribution in [2.75, 3.05) is 20.6 Å². The third-order valence-electron chi connectivity index (χ3n) is 10.3. The van der Waals surface area contributed by atoms with Crippen LogP contribution in [0, 0.1) is 17.3 Å². The van der Waals surface area contributed by atoms with Crippen LogP contribution in [-0.4, -0.2) is 82.7 Å². The summed E-state index contributed by atoms with van der Waals surface area (Å²) < 4.78 is 29.5. The van der Waals surface area contributed by atoms with E-state index in [2.05, 4.69) is 58.5 Å². The van der Waals surface area contributed by atoms with Crippen molar-refractivity contribution in [1.29, 1.82) is 0 Å². The molecule has 3 aliphatic rings. The zero-order valence-corrected chi connectivity index (χ0v) is 31.7. The number of imidazole rings is 1. The lowest BCUT2D eigenvalue weighted by atomic mass is 9.91. The fourth-order valence-corrected chi connectivity index (χ4v) is 8.21. The molecule has 1 saturated heterocycles. The lowest BCUT2D eigenvalue weighted by molar-refractivity contribution is -0.141. The molecule has 3 aromatic rings. The maximum Gasteiger partial charge on any atom is 0.303 e. The van der Waals surface area contributed by atoms with Crippen molar-refractivity contribution in [2.45, 2.75) is 90.3 Å². The summed E-state index contributed by atoms with van der Waals surface area (Å²) >= 11 is 6.27. The van der Waals surface area contributed by atoms with Crippen LogP contribution >= 0.6 is 11.6 Å². The Hall–Kier alpha value is -3.58. The quantitative estimate of drug-likeness (QED) is 0.309. The van der Waals surface area contributed by atoms with E-state index in [1.54, 1.807) is 0 Å². The molecular weight excluding hydrogens is 690 g/mol. The number of aliphatic hydroxyl groups is 1. The molecule has 3 heterocycles. The number of Topliss-reactive ketones (excluding diaryl/α,β-unsaturated/α-hetero) is 1. The molecular formula is C38H50ClN5O6S. The molecule has 2 aromatic carbocycles. The zero-order valence-electron chi connectivity index (χ0n) is 30.1. The largest absolute Gasteiger partial charge is 0.391 e. The van der Waals surface area contributed by atoms with E-state index in [-0.39, 0.29) is 42.9 Å². The number of rotatable bonds is 5. The van der Waals surface area contributed by atoms with E-state index in [4.69, 9.17) is 11.6 Å². The van der Waals surface area contributed by atoms with Crippen molar-refractivity contribution in [3.63, 3.8) is 0 Å². The molecule has 0 bridgehead atoms. The van der Waals surface area contributed by atoms with Crippen molar-refractivity contribution >= 4 is 50.4 Å². The molecule has 0 radical (unpaired) electrons. The fourth-order valence-electron chi connectivity index (χ4n) is 7.22. The van der Waals surface area contributed by atoms with Crippen molar-refractivity contribution in [3.8, 4) is 11.1 Å². The lowest BCUT2D eigenvalue weighted by Crippen LogP contribution is -2.47. The van der Waals surface area contributed by atoms with Crippen LogP contribution in [0.3, 0.4) is 0 Å². The van der Waals surface area contributed by atoms with Crippen LogP contribution < -0.4 is 4.72 Å². The van der Waals surface area contributed by atoms with Gasteiger partial charge in [-0.05, 0) is 68.7 Å². The average molecular weight is 740 g/mol. The number of allylic oxidation sites excluding steroid dienone is 2. The number of halogens is 1. The summed E-state index contributed by atoms with van der Waals surface area (Å²) in [5, 5.41) is 10.7. The van der Waals surface area contributed by atoms with Gasteiger partial charge in [0.2, 0.25) is 17.1 Å². The Kier molecular flexibility index (Phi) is 12.1. The molecule has 5 atom stereocenters. The summed E-state index contributed by atoms with van der Waals surface area (Å²) in [6.07, 6.45) is 7.92. The average Bonchev–Trinajstić information content (AvgIpc) is 3.44. The zero-order chi connectivity index (χ0) is 37.1. The first-order valence-corrected chi connectivity index (χ1v) is 19.6. The van der Waals surface area contributed by atoms with E-state index in [1.165, 1.54) is 19.0 Å². The van der Waals surface area contributed by atoms with Crippen molar-refractivity contribution in [1.82, 2.24) is 23.5 Å². The molecule has 13 heteroatoms. The first-order valence-electron chi connectivity index (χ1n) is 17.8. The van der Waals surface area contributed by atoms with Crippen molar-refractivity contribution in [3.05, 3.63) is 66.0 Å². The molecule has 2 aliphatic heterocycles. The van der Waals surface area contributed by atoms with Gasteiger partial charge in [0, 0.05) is 51.0 Å². The summed E-state index contributed by atoms with van der Waals surface area (Å²) in [6.45, 7) is 6.19. The minimum Gasteiger partial charge on any atom is -0.391 e. The van der Waals surface area contributed by atoms with Crippen LogP contribution in [0.1, 0.15) is 78.2 Å². The summed E-state index contributed by atoms with van der Waals surface area (Å²) in [5.41, 5.74) is 3.19. The third-order valence-corrected chi connectivity index (χ3v) is 12.0. The van der Waals surface area contributed by atoms with Crippen LogP contribution in [0.15, 0.2) is 60.7 Å². The number of amides is 2. The summed E-state index contributed by atoms with van der Waals surface area (Å²) in [6, 6.07) is 16.0. The van der Waals surface area contributed by atoms with Gasteiger partial charge in [-0.15, -0.1) is 0 Å². The van der Waals surface area contributed by atoms with Crippen LogP contribution in [0.4, 0.5) is 0 Å². The number of aliphatic hydroxyl groups excluding tert-OH is 1. The second kappa shape index (κ2) is 16.0. The van der Waals surface area contributed by atoms with Gasteiger partial charge < -0.3 is 14.6 Å². The molecule has 1 aliphatic carbocycles. The predicted octanol–water partition coefficient (Wildman–Crippen LogP) is 5.93. The van der Waals surface area contributed by atoms with Gasteiger partial charge in [-0.2, -0.15) is 12.7 Å². The Balaban J connectivity index is 0.000000224.